The molecule has 3 rings (SSSR count). The van der Waals surface area contributed by atoms with Crippen molar-refractivity contribution in [2.45, 2.75) is 6.18 Å². The van der Waals surface area contributed by atoms with Crippen molar-refractivity contribution >= 4 is 16.6 Å². The number of nitrogens with zero attached hydrogens (tertiary/aromatic N) is 1. The van der Waals surface area contributed by atoms with Crippen molar-refractivity contribution in [3.8, 4) is 5.69 Å². The third-order valence-electron chi connectivity index (χ3n) is 3.22. The molecule has 1 aromatic heterocycles. The highest BCUT2D eigenvalue weighted by molar-refractivity contribution is 5.93. The first-order valence-corrected chi connectivity index (χ1v) is 6.00. The first-order valence-electron chi connectivity index (χ1n) is 6.00. The van der Waals surface area contributed by atoms with Gasteiger partial charge in [-0.1, -0.05) is 18.2 Å². The van der Waals surface area contributed by atoms with Crippen molar-refractivity contribution in [2.24, 2.45) is 0 Å². The predicted molar refractivity (Wildman–Crippen MR) is 72.7 cm³/mol. The van der Waals surface area contributed by atoms with Crippen LogP contribution in [-0.4, -0.2) is 4.57 Å². The Labute approximate surface area is 113 Å². The van der Waals surface area contributed by atoms with Crippen LogP contribution in [0.25, 0.3) is 16.6 Å². The lowest BCUT2D eigenvalue weighted by Crippen LogP contribution is -2.04. The third kappa shape index (κ3) is 2.01. The fourth-order valence-electron chi connectivity index (χ4n) is 2.23. The van der Waals surface area contributed by atoms with E-state index >= 15 is 0 Å². The number of para-hydroxylation sites is 1. The molecule has 20 heavy (non-hydrogen) atoms. The van der Waals surface area contributed by atoms with E-state index in [0.717, 1.165) is 23.0 Å². The van der Waals surface area contributed by atoms with Gasteiger partial charge in [0.2, 0.25) is 0 Å². The number of hydrogen-bond acceptors (Lipinski definition) is 1. The van der Waals surface area contributed by atoms with E-state index in [9.17, 15) is 13.2 Å². The smallest absolute Gasteiger partial charge is 0.397 e. The second-order valence-corrected chi connectivity index (χ2v) is 4.52. The highest BCUT2D eigenvalue weighted by atomic mass is 19.4. The molecule has 0 saturated heterocycles. The van der Waals surface area contributed by atoms with E-state index in [0.29, 0.717) is 11.4 Å². The molecule has 0 fully saturated rings. The number of aromatic nitrogens is 1. The van der Waals surface area contributed by atoms with Crippen LogP contribution < -0.4 is 5.73 Å². The molecule has 0 saturated carbocycles. The molecule has 0 bridgehead atoms. The average Bonchev–Trinajstić information content (AvgIpc) is 2.76. The molecular weight excluding hydrogens is 265 g/mol. The zero-order valence-electron chi connectivity index (χ0n) is 10.4. The molecule has 2 N–H and O–H groups in total. The highest BCUT2D eigenvalue weighted by Crippen LogP contribution is 2.31. The van der Waals surface area contributed by atoms with Gasteiger partial charge in [0.05, 0.1) is 16.8 Å². The number of benzene rings is 2. The number of halogens is 3. The molecule has 0 radical (unpaired) electrons. The number of hydrogen-bond donors (Lipinski definition) is 1. The van der Waals surface area contributed by atoms with Gasteiger partial charge in [-0.05, 0) is 30.3 Å². The van der Waals surface area contributed by atoms with Crippen LogP contribution in [0.15, 0.2) is 54.7 Å². The minimum Gasteiger partial charge on any atom is -0.397 e. The summed E-state index contributed by atoms with van der Waals surface area (Å²) in [5, 5.41) is 0.882. The molecule has 0 aliphatic carbocycles. The lowest BCUT2D eigenvalue weighted by molar-refractivity contribution is -0.137. The molecule has 0 aliphatic heterocycles. The average molecular weight is 276 g/mol. The van der Waals surface area contributed by atoms with Crippen molar-refractivity contribution in [3.63, 3.8) is 0 Å². The Morgan fingerprint density at radius 3 is 2.20 bits per heavy atom. The maximum absolute atomic E-state index is 12.6. The van der Waals surface area contributed by atoms with Crippen LogP contribution in [0.2, 0.25) is 0 Å². The van der Waals surface area contributed by atoms with Gasteiger partial charge in [-0.15, -0.1) is 0 Å². The van der Waals surface area contributed by atoms with Gasteiger partial charge in [0.25, 0.3) is 0 Å². The van der Waals surface area contributed by atoms with Gasteiger partial charge in [-0.25, -0.2) is 0 Å². The van der Waals surface area contributed by atoms with Crippen LogP contribution in [0.4, 0.5) is 18.9 Å². The summed E-state index contributed by atoms with van der Waals surface area (Å²) in [6.45, 7) is 0. The topological polar surface area (TPSA) is 30.9 Å². The maximum atomic E-state index is 12.6. The first-order chi connectivity index (χ1) is 9.47. The molecule has 0 aliphatic rings. The van der Waals surface area contributed by atoms with Crippen LogP contribution in [0.5, 0.6) is 0 Å². The second-order valence-electron chi connectivity index (χ2n) is 4.52. The minimum atomic E-state index is -4.32. The molecule has 1 heterocycles. The quantitative estimate of drug-likeness (QED) is 0.708. The zero-order chi connectivity index (χ0) is 14.3. The number of anilines is 1. The van der Waals surface area contributed by atoms with Crippen LogP contribution in [-0.2, 0) is 6.18 Å². The fraction of sp³-hybridized carbons (Fsp3) is 0.0667. The molecule has 0 amide bonds. The monoisotopic (exact) mass is 276 g/mol. The van der Waals surface area contributed by atoms with Crippen LogP contribution in [0.1, 0.15) is 5.56 Å². The highest BCUT2D eigenvalue weighted by Gasteiger charge is 2.30. The number of rotatable bonds is 1. The number of nitrogens with two attached hydrogens (primary N) is 1. The lowest BCUT2D eigenvalue weighted by Gasteiger charge is -2.09. The van der Waals surface area contributed by atoms with Crippen LogP contribution >= 0.6 is 0 Å². The summed E-state index contributed by atoms with van der Waals surface area (Å²) in [6, 6.07) is 12.5. The van der Waals surface area contributed by atoms with Crippen LogP contribution in [0, 0.1) is 0 Å². The third-order valence-corrected chi connectivity index (χ3v) is 3.22. The summed E-state index contributed by atoms with van der Waals surface area (Å²) in [5.41, 5.74) is 7.36. The molecule has 0 unspecified atom stereocenters. The predicted octanol–water partition coefficient (Wildman–Crippen LogP) is 4.23. The van der Waals surface area contributed by atoms with Gasteiger partial charge in [0, 0.05) is 17.3 Å². The molecule has 5 heteroatoms. The summed E-state index contributed by atoms with van der Waals surface area (Å²) in [4.78, 5) is 0. The van der Waals surface area contributed by atoms with E-state index in [1.54, 1.807) is 10.8 Å². The van der Waals surface area contributed by atoms with E-state index in [1.165, 1.54) is 12.1 Å². The number of alkyl halides is 3. The lowest BCUT2D eigenvalue weighted by atomic mass is 10.2. The summed E-state index contributed by atoms with van der Waals surface area (Å²) >= 11 is 0. The summed E-state index contributed by atoms with van der Waals surface area (Å²) < 4.78 is 39.4. The van der Waals surface area contributed by atoms with E-state index in [1.807, 2.05) is 24.3 Å². The molecule has 2 nitrogen and oxygen atoms in total. The van der Waals surface area contributed by atoms with Gasteiger partial charge in [0.15, 0.2) is 0 Å². The SMILES string of the molecule is Nc1cn(-c2ccc(C(F)(F)F)cc2)c2ccccc12. The molecular formula is C15H11F3N2. The van der Waals surface area contributed by atoms with Gasteiger partial charge < -0.3 is 10.3 Å². The molecule has 0 spiro atoms. The Morgan fingerprint density at radius 1 is 0.900 bits per heavy atom. The Bertz CT molecular complexity index is 755. The Morgan fingerprint density at radius 2 is 1.55 bits per heavy atom. The van der Waals surface area contributed by atoms with Crippen LogP contribution in [0.3, 0.4) is 0 Å². The maximum Gasteiger partial charge on any atom is 0.416 e. The van der Waals surface area contributed by atoms with Crippen molar-refractivity contribution < 1.29 is 13.2 Å². The zero-order valence-corrected chi connectivity index (χ0v) is 10.4. The van der Waals surface area contributed by atoms with Gasteiger partial charge in [0.1, 0.15) is 0 Å². The largest absolute Gasteiger partial charge is 0.416 e. The van der Waals surface area contributed by atoms with Crippen molar-refractivity contribution in [3.05, 3.63) is 60.3 Å². The molecule has 0 atom stereocenters. The number of nitrogen functional groups attached to an aromatic ring is 1. The molecule has 2 aromatic carbocycles. The Kier molecular flexibility index (Phi) is 2.71. The number of fused-ring (bicyclic) bond motifs is 1. The van der Waals surface area contributed by atoms with E-state index < -0.39 is 11.7 Å². The normalized spacial score (nSPS) is 11.9. The summed E-state index contributed by atoms with van der Waals surface area (Å²) in [5.74, 6) is 0. The first kappa shape index (κ1) is 12.6. The Balaban J connectivity index is 2.12. The van der Waals surface area contributed by atoms with E-state index in [4.69, 9.17) is 5.73 Å². The van der Waals surface area contributed by atoms with Gasteiger partial charge in [-0.3, -0.25) is 0 Å². The molecule has 102 valence electrons. The van der Waals surface area contributed by atoms with Gasteiger partial charge in [-0.2, -0.15) is 13.2 Å². The molecule has 3 aromatic rings. The van der Waals surface area contributed by atoms with Crippen molar-refractivity contribution in [1.29, 1.82) is 0 Å². The van der Waals surface area contributed by atoms with Crippen molar-refractivity contribution in [1.82, 2.24) is 4.57 Å². The minimum absolute atomic E-state index is 0.598. The standard InChI is InChI=1S/C15H11F3N2/c16-15(17,18)10-5-7-11(8-6-10)20-9-13(19)12-3-1-2-4-14(12)20/h1-9H,19H2. The van der Waals surface area contributed by atoms with Gasteiger partial charge >= 0.3 is 6.18 Å². The Hall–Kier alpha value is -2.43. The second kappa shape index (κ2) is 4.30. The van der Waals surface area contributed by atoms with E-state index in [-0.39, 0.29) is 0 Å². The fourth-order valence-corrected chi connectivity index (χ4v) is 2.23. The summed E-state index contributed by atoms with van der Waals surface area (Å²) in [6.07, 6.45) is -2.61. The van der Waals surface area contributed by atoms with Crippen molar-refractivity contribution in [2.75, 3.05) is 5.73 Å². The summed E-state index contributed by atoms with van der Waals surface area (Å²) in [7, 11) is 0. The van der Waals surface area contributed by atoms with E-state index in [2.05, 4.69) is 0 Å².